The van der Waals surface area contributed by atoms with Gasteiger partial charge in [-0.2, -0.15) is 4.31 Å². The molecule has 0 radical (unpaired) electrons. The van der Waals surface area contributed by atoms with Gasteiger partial charge in [0, 0.05) is 24.7 Å². The maximum absolute atomic E-state index is 12.5. The molecular weight excluding hydrogens is 334 g/mol. The lowest BCUT2D eigenvalue weighted by molar-refractivity contribution is 0.180. The Balaban J connectivity index is 3.17. The van der Waals surface area contributed by atoms with Crippen LogP contribution in [-0.4, -0.2) is 44.6 Å². The SMILES string of the molecule is CCN(CCOC)S(=O)(=O)c1cc(CO)ccc1Br. The van der Waals surface area contributed by atoms with Crippen molar-refractivity contribution in [3.8, 4) is 0 Å². The summed E-state index contributed by atoms with van der Waals surface area (Å²) in [6, 6.07) is 4.78. The van der Waals surface area contributed by atoms with E-state index in [1.54, 1.807) is 19.1 Å². The van der Waals surface area contributed by atoms with Crippen LogP contribution < -0.4 is 0 Å². The van der Waals surface area contributed by atoms with Crippen molar-refractivity contribution in [2.75, 3.05) is 26.8 Å². The van der Waals surface area contributed by atoms with Gasteiger partial charge in [0.2, 0.25) is 10.0 Å². The fourth-order valence-electron chi connectivity index (χ4n) is 1.62. The largest absolute Gasteiger partial charge is 0.392 e. The van der Waals surface area contributed by atoms with Crippen LogP contribution in [0.5, 0.6) is 0 Å². The molecule has 0 fully saturated rings. The van der Waals surface area contributed by atoms with Crippen LogP contribution in [0.4, 0.5) is 0 Å². The first-order valence-corrected chi connectivity index (χ1v) is 8.09. The minimum atomic E-state index is -3.59. The average molecular weight is 352 g/mol. The average Bonchev–Trinajstić information content (AvgIpc) is 2.39. The first-order valence-electron chi connectivity index (χ1n) is 5.85. The number of sulfonamides is 1. The number of nitrogens with zero attached hydrogens (tertiary/aromatic N) is 1. The van der Waals surface area contributed by atoms with Gasteiger partial charge in [0.1, 0.15) is 0 Å². The molecule has 0 atom stereocenters. The number of aliphatic hydroxyl groups is 1. The fourth-order valence-corrected chi connectivity index (χ4v) is 4.03. The molecule has 5 nitrogen and oxygen atoms in total. The van der Waals surface area contributed by atoms with Gasteiger partial charge in [-0.1, -0.05) is 13.0 Å². The van der Waals surface area contributed by atoms with Crippen molar-refractivity contribution < 1.29 is 18.3 Å². The van der Waals surface area contributed by atoms with Crippen molar-refractivity contribution >= 4 is 26.0 Å². The van der Waals surface area contributed by atoms with Crippen molar-refractivity contribution in [1.29, 1.82) is 0 Å². The van der Waals surface area contributed by atoms with Crippen LogP contribution in [0.1, 0.15) is 12.5 Å². The van der Waals surface area contributed by atoms with E-state index >= 15 is 0 Å². The molecule has 0 aromatic heterocycles. The van der Waals surface area contributed by atoms with Gasteiger partial charge in [0.15, 0.2) is 0 Å². The van der Waals surface area contributed by atoms with Crippen LogP contribution in [0.3, 0.4) is 0 Å². The van der Waals surface area contributed by atoms with E-state index in [1.165, 1.54) is 17.5 Å². The maximum atomic E-state index is 12.5. The highest BCUT2D eigenvalue weighted by atomic mass is 79.9. The molecule has 1 aromatic rings. The second kappa shape index (κ2) is 7.35. The van der Waals surface area contributed by atoms with Gasteiger partial charge in [0.05, 0.1) is 18.1 Å². The number of benzene rings is 1. The molecule has 108 valence electrons. The number of hydrogen-bond donors (Lipinski definition) is 1. The first kappa shape index (κ1) is 16.6. The zero-order valence-corrected chi connectivity index (χ0v) is 13.4. The zero-order valence-electron chi connectivity index (χ0n) is 11.0. The predicted octanol–water partition coefficient (Wildman–Crippen LogP) is 1.60. The molecule has 1 N–H and O–H groups in total. The van der Waals surface area contributed by atoms with Gasteiger partial charge in [-0.15, -0.1) is 0 Å². The van der Waals surface area contributed by atoms with Gasteiger partial charge in [-0.25, -0.2) is 8.42 Å². The number of ether oxygens (including phenoxy) is 1. The zero-order chi connectivity index (χ0) is 14.5. The molecule has 0 saturated heterocycles. The summed E-state index contributed by atoms with van der Waals surface area (Å²) in [4.78, 5) is 0.164. The molecule has 0 aliphatic heterocycles. The molecule has 0 spiro atoms. The summed E-state index contributed by atoms with van der Waals surface area (Å²) in [7, 11) is -2.06. The first-order chi connectivity index (χ1) is 8.97. The quantitative estimate of drug-likeness (QED) is 0.810. The lowest BCUT2D eigenvalue weighted by Gasteiger charge is -2.21. The number of halogens is 1. The third-order valence-electron chi connectivity index (χ3n) is 2.69. The molecule has 0 amide bonds. The molecule has 1 rings (SSSR count). The second-order valence-electron chi connectivity index (χ2n) is 3.91. The third-order valence-corrected chi connectivity index (χ3v) is 5.66. The van der Waals surface area contributed by atoms with E-state index < -0.39 is 10.0 Å². The number of hydrogen-bond acceptors (Lipinski definition) is 4. The van der Waals surface area contributed by atoms with Crippen molar-refractivity contribution in [2.24, 2.45) is 0 Å². The maximum Gasteiger partial charge on any atom is 0.244 e. The summed E-state index contributed by atoms with van der Waals surface area (Å²) in [6.07, 6.45) is 0. The Morgan fingerprint density at radius 1 is 1.42 bits per heavy atom. The predicted molar refractivity (Wildman–Crippen MR) is 76.4 cm³/mol. The Morgan fingerprint density at radius 3 is 2.63 bits per heavy atom. The van der Waals surface area contributed by atoms with Gasteiger partial charge < -0.3 is 9.84 Å². The van der Waals surface area contributed by atoms with Crippen LogP contribution in [-0.2, 0) is 21.4 Å². The molecular formula is C12H18BrNO4S. The summed E-state index contributed by atoms with van der Waals surface area (Å²) in [5, 5.41) is 9.11. The Kier molecular flexibility index (Phi) is 6.41. The van der Waals surface area contributed by atoms with E-state index in [-0.39, 0.29) is 11.5 Å². The topological polar surface area (TPSA) is 66.8 Å². The summed E-state index contributed by atoms with van der Waals surface area (Å²) >= 11 is 3.24. The molecule has 19 heavy (non-hydrogen) atoms. The highest BCUT2D eigenvalue weighted by Gasteiger charge is 2.25. The van der Waals surface area contributed by atoms with E-state index in [4.69, 9.17) is 9.84 Å². The van der Waals surface area contributed by atoms with Gasteiger partial charge in [-0.05, 0) is 33.6 Å². The lowest BCUT2D eigenvalue weighted by Crippen LogP contribution is -2.34. The molecule has 1 aromatic carbocycles. The lowest BCUT2D eigenvalue weighted by atomic mass is 10.2. The Bertz CT molecular complexity index is 518. The summed E-state index contributed by atoms with van der Waals surface area (Å²) in [5.41, 5.74) is 0.560. The highest BCUT2D eigenvalue weighted by molar-refractivity contribution is 9.10. The molecule has 0 aliphatic rings. The van der Waals surface area contributed by atoms with Gasteiger partial charge in [0.25, 0.3) is 0 Å². The van der Waals surface area contributed by atoms with Crippen molar-refractivity contribution in [2.45, 2.75) is 18.4 Å². The number of aliphatic hydroxyl groups excluding tert-OH is 1. The van der Waals surface area contributed by atoms with E-state index in [2.05, 4.69) is 15.9 Å². The summed E-state index contributed by atoms with van der Waals surface area (Å²) < 4.78 is 31.8. The number of rotatable bonds is 7. The Hall–Kier alpha value is -0.470. The third kappa shape index (κ3) is 4.00. The minimum absolute atomic E-state index is 0.164. The van der Waals surface area contributed by atoms with Crippen molar-refractivity contribution in [1.82, 2.24) is 4.31 Å². The molecule has 0 bridgehead atoms. The summed E-state index contributed by atoms with van der Waals surface area (Å²) in [6.45, 7) is 2.58. The molecule has 0 heterocycles. The highest BCUT2D eigenvalue weighted by Crippen LogP contribution is 2.26. The van der Waals surface area contributed by atoms with Crippen molar-refractivity contribution in [3.63, 3.8) is 0 Å². The smallest absolute Gasteiger partial charge is 0.244 e. The van der Waals surface area contributed by atoms with E-state index in [0.29, 0.717) is 29.7 Å². The van der Waals surface area contributed by atoms with E-state index in [0.717, 1.165) is 0 Å². The molecule has 0 unspecified atom stereocenters. The normalized spacial score (nSPS) is 12.1. The van der Waals surface area contributed by atoms with Crippen LogP contribution in [0.15, 0.2) is 27.6 Å². The van der Waals surface area contributed by atoms with Crippen LogP contribution in [0.2, 0.25) is 0 Å². The van der Waals surface area contributed by atoms with E-state index in [9.17, 15) is 8.42 Å². The standard InChI is InChI=1S/C12H18BrNO4S/c1-3-14(6-7-18-2)19(16,17)12-8-10(9-15)4-5-11(12)13/h4-5,8,15H,3,6-7,9H2,1-2H3. The molecule has 7 heteroatoms. The molecule has 0 saturated carbocycles. The number of likely N-dealkylation sites (N-methyl/N-ethyl adjacent to an activating group) is 1. The Morgan fingerprint density at radius 2 is 2.11 bits per heavy atom. The second-order valence-corrected chi connectivity index (χ2v) is 6.67. The van der Waals surface area contributed by atoms with Crippen LogP contribution in [0, 0.1) is 0 Å². The minimum Gasteiger partial charge on any atom is -0.392 e. The van der Waals surface area contributed by atoms with Gasteiger partial charge >= 0.3 is 0 Å². The van der Waals surface area contributed by atoms with E-state index in [1.807, 2.05) is 0 Å². The van der Waals surface area contributed by atoms with Gasteiger partial charge in [-0.3, -0.25) is 0 Å². The number of methoxy groups -OCH3 is 1. The van der Waals surface area contributed by atoms with Crippen LogP contribution >= 0.6 is 15.9 Å². The monoisotopic (exact) mass is 351 g/mol. The van der Waals surface area contributed by atoms with Crippen molar-refractivity contribution in [3.05, 3.63) is 28.2 Å². The summed E-state index contributed by atoms with van der Waals surface area (Å²) in [5.74, 6) is 0. The Labute approximate surface area is 122 Å². The molecule has 0 aliphatic carbocycles. The van der Waals surface area contributed by atoms with Crippen LogP contribution in [0.25, 0.3) is 0 Å². The fraction of sp³-hybridized carbons (Fsp3) is 0.500.